The van der Waals surface area contributed by atoms with Crippen molar-refractivity contribution >= 4 is 30.9 Å². The van der Waals surface area contributed by atoms with E-state index in [1.54, 1.807) is 0 Å². The van der Waals surface area contributed by atoms with Gasteiger partial charge in [0.1, 0.15) is 6.10 Å². The van der Waals surface area contributed by atoms with Gasteiger partial charge >= 0.3 is 0 Å². The van der Waals surface area contributed by atoms with Crippen LogP contribution in [0.3, 0.4) is 0 Å². The number of rotatable bonds is 3. The van der Waals surface area contributed by atoms with Crippen LogP contribution in [0.2, 0.25) is 18.1 Å². The van der Waals surface area contributed by atoms with Crippen molar-refractivity contribution in [3.8, 4) is 0 Å². The molecule has 4 heteroatoms. The van der Waals surface area contributed by atoms with Crippen LogP contribution in [-0.2, 0) is 9.16 Å². The fourth-order valence-electron chi connectivity index (χ4n) is 1.97. The molecule has 19 heavy (non-hydrogen) atoms. The van der Waals surface area contributed by atoms with Crippen molar-refractivity contribution in [3.63, 3.8) is 0 Å². The minimum atomic E-state index is -1.80. The van der Waals surface area contributed by atoms with Crippen LogP contribution in [-0.4, -0.2) is 26.6 Å². The number of hydrogen-bond donors (Lipinski definition) is 0. The van der Waals surface area contributed by atoms with Gasteiger partial charge in [0.05, 0.1) is 12.2 Å². The molecule has 1 fully saturated rings. The third-order valence-electron chi connectivity index (χ3n) is 4.13. The van der Waals surface area contributed by atoms with Crippen LogP contribution in [0.4, 0.5) is 0 Å². The van der Waals surface area contributed by atoms with Crippen LogP contribution in [0.5, 0.6) is 0 Å². The quantitative estimate of drug-likeness (QED) is 0.379. The third kappa shape index (κ3) is 4.41. The molecule has 3 atom stereocenters. The monoisotopic (exact) mass is 394 g/mol. The summed E-state index contributed by atoms with van der Waals surface area (Å²) < 4.78 is 14.6. The van der Waals surface area contributed by atoms with E-state index in [-0.39, 0.29) is 23.4 Å². The summed E-state index contributed by atoms with van der Waals surface area (Å²) in [7, 11) is -1.80. The summed E-state index contributed by atoms with van der Waals surface area (Å²) in [6, 6.07) is 0. The van der Waals surface area contributed by atoms with Crippen molar-refractivity contribution < 1.29 is 9.16 Å². The summed E-state index contributed by atoms with van der Waals surface area (Å²) in [5.74, 6) is 0. The predicted octanol–water partition coefficient (Wildman–Crippen LogP) is 5.06. The zero-order valence-electron chi connectivity index (χ0n) is 13.0. The molecule has 110 valence electrons. The Bertz CT molecular complexity index is 358. The van der Waals surface area contributed by atoms with Crippen LogP contribution in [0.1, 0.15) is 34.1 Å². The van der Waals surface area contributed by atoms with Crippen LogP contribution in [0, 0.1) is 0 Å². The molecular weight excluding hydrogens is 367 g/mol. The maximum Gasteiger partial charge on any atom is 0.193 e. The van der Waals surface area contributed by atoms with Gasteiger partial charge in [0, 0.05) is 0 Å². The fourth-order valence-corrected chi connectivity index (χ4v) is 3.67. The van der Waals surface area contributed by atoms with Crippen molar-refractivity contribution in [2.75, 3.05) is 0 Å². The zero-order chi connectivity index (χ0) is 14.8. The highest BCUT2D eigenvalue weighted by Gasteiger charge is 2.42. The summed E-state index contributed by atoms with van der Waals surface area (Å²) in [5, 5.41) is 0.203. The van der Waals surface area contributed by atoms with Gasteiger partial charge < -0.3 is 9.16 Å². The van der Waals surface area contributed by atoms with E-state index in [9.17, 15) is 0 Å². The molecule has 0 amide bonds. The average Bonchev–Trinajstić information content (AvgIpc) is 2.22. The first-order chi connectivity index (χ1) is 8.58. The Morgan fingerprint density at radius 3 is 2.47 bits per heavy atom. The van der Waals surface area contributed by atoms with Gasteiger partial charge in [-0.15, -0.1) is 0 Å². The lowest BCUT2D eigenvalue weighted by molar-refractivity contribution is -0.0545. The first kappa shape index (κ1) is 17.4. The van der Waals surface area contributed by atoms with Gasteiger partial charge in [-0.25, -0.2) is 0 Å². The minimum Gasteiger partial charge on any atom is -0.407 e. The molecule has 0 radical (unpaired) electrons. The van der Waals surface area contributed by atoms with Gasteiger partial charge in [0.15, 0.2) is 8.32 Å². The van der Waals surface area contributed by atoms with Crippen molar-refractivity contribution in [3.05, 3.63) is 22.3 Å². The van der Waals surface area contributed by atoms with Gasteiger partial charge in [-0.1, -0.05) is 49.9 Å². The summed E-state index contributed by atoms with van der Waals surface area (Å²) in [4.78, 5) is 0. The molecule has 0 aliphatic carbocycles. The van der Waals surface area contributed by atoms with Crippen LogP contribution in [0.25, 0.3) is 0 Å². The Labute approximate surface area is 132 Å². The molecule has 0 aromatic carbocycles. The standard InChI is InChI=1S/C15H27IO2Si/c1-11-10-12(2)17-13(8-9-16)14(11)18-19(6,7)15(3,4)5/h8-9,12-14H,1,10H2,2-7H3/b9-8+/t12-,13-,14?/m1/s1. The lowest BCUT2D eigenvalue weighted by Crippen LogP contribution is -2.50. The average molecular weight is 394 g/mol. The normalized spacial score (nSPS) is 30.1. The Kier molecular flexibility index (Phi) is 5.87. The highest BCUT2D eigenvalue weighted by molar-refractivity contribution is 14.1. The van der Waals surface area contributed by atoms with E-state index in [4.69, 9.17) is 9.16 Å². The highest BCUT2D eigenvalue weighted by atomic mass is 127. The molecule has 1 heterocycles. The van der Waals surface area contributed by atoms with Crippen molar-refractivity contribution in [1.82, 2.24) is 0 Å². The van der Waals surface area contributed by atoms with Crippen molar-refractivity contribution in [2.24, 2.45) is 0 Å². The van der Waals surface area contributed by atoms with Gasteiger partial charge in [0.2, 0.25) is 0 Å². The molecule has 0 aromatic heterocycles. The summed E-state index contributed by atoms with van der Waals surface area (Å²) in [6.45, 7) is 17.7. The Hall–Kier alpha value is 0.347. The molecule has 0 bridgehead atoms. The maximum atomic E-state index is 6.53. The van der Waals surface area contributed by atoms with E-state index in [0.717, 1.165) is 6.42 Å². The van der Waals surface area contributed by atoms with Gasteiger partial charge in [0.25, 0.3) is 0 Å². The molecular formula is C15H27IO2Si. The zero-order valence-corrected chi connectivity index (χ0v) is 16.2. The minimum absolute atomic E-state index is 0.00211. The van der Waals surface area contributed by atoms with E-state index in [0.29, 0.717) is 0 Å². The van der Waals surface area contributed by atoms with Crippen LogP contribution in [0.15, 0.2) is 22.3 Å². The molecule has 1 aliphatic rings. The second-order valence-electron chi connectivity index (χ2n) is 6.89. The SMILES string of the molecule is C=C1C[C@@H](C)O[C@H](/C=C/I)C1O[Si](C)(C)C(C)(C)C. The maximum absolute atomic E-state index is 6.53. The third-order valence-corrected chi connectivity index (χ3v) is 9.00. The van der Waals surface area contributed by atoms with Crippen molar-refractivity contribution in [2.45, 2.75) is 70.6 Å². The van der Waals surface area contributed by atoms with E-state index >= 15 is 0 Å². The molecule has 0 aromatic rings. The summed E-state index contributed by atoms with van der Waals surface area (Å²) in [5.41, 5.74) is 1.17. The summed E-state index contributed by atoms with van der Waals surface area (Å²) >= 11 is 2.23. The largest absolute Gasteiger partial charge is 0.407 e. The molecule has 1 unspecified atom stereocenters. The van der Waals surface area contributed by atoms with Gasteiger partial charge in [-0.3, -0.25) is 0 Å². The second-order valence-corrected chi connectivity index (χ2v) is 12.4. The Morgan fingerprint density at radius 1 is 1.42 bits per heavy atom. The Morgan fingerprint density at radius 2 is 2.00 bits per heavy atom. The van der Waals surface area contributed by atoms with Gasteiger partial charge in [-0.05, 0) is 47.2 Å². The smallest absolute Gasteiger partial charge is 0.193 e. The topological polar surface area (TPSA) is 18.5 Å². The Balaban J connectivity index is 2.92. The van der Waals surface area contributed by atoms with Gasteiger partial charge in [-0.2, -0.15) is 0 Å². The molecule has 1 aliphatic heterocycles. The fraction of sp³-hybridized carbons (Fsp3) is 0.733. The molecule has 2 nitrogen and oxygen atoms in total. The first-order valence-corrected chi connectivity index (χ1v) is 11.0. The van der Waals surface area contributed by atoms with E-state index in [2.05, 4.69) is 76.0 Å². The number of ether oxygens (including phenoxy) is 1. The van der Waals surface area contributed by atoms with E-state index < -0.39 is 8.32 Å². The molecule has 0 spiro atoms. The van der Waals surface area contributed by atoms with Crippen molar-refractivity contribution in [1.29, 1.82) is 0 Å². The molecule has 0 N–H and O–H groups in total. The highest BCUT2D eigenvalue weighted by Crippen LogP contribution is 2.40. The van der Waals surface area contributed by atoms with E-state index in [1.165, 1.54) is 5.57 Å². The van der Waals surface area contributed by atoms with Crippen LogP contribution < -0.4 is 0 Å². The van der Waals surface area contributed by atoms with Crippen LogP contribution >= 0.6 is 22.6 Å². The molecule has 0 saturated carbocycles. The molecule has 1 rings (SSSR count). The number of hydrogen-bond acceptors (Lipinski definition) is 2. The molecule has 1 saturated heterocycles. The lowest BCUT2D eigenvalue weighted by atomic mass is 9.97. The first-order valence-electron chi connectivity index (χ1n) is 6.86. The predicted molar refractivity (Wildman–Crippen MR) is 93.3 cm³/mol. The summed E-state index contributed by atoms with van der Waals surface area (Å²) in [6.07, 6.45) is 3.21. The lowest BCUT2D eigenvalue weighted by Gasteiger charge is -2.44. The van der Waals surface area contributed by atoms with E-state index in [1.807, 2.05) is 4.08 Å². The second kappa shape index (κ2) is 6.41. The number of halogens is 1.